The van der Waals surface area contributed by atoms with E-state index in [4.69, 9.17) is 9.97 Å². The largest absolute Gasteiger partial charge is 0.298 e. The van der Waals surface area contributed by atoms with Gasteiger partial charge in [-0.1, -0.05) is 61.5 Å². The van der Waals surface area contributed by atoms with E-state index in [1.165, 1.54) is 6.33 Å². The predicted molar refractivity (Wildman–Crippen MR) is 140 cm³/mol. The van der Waals surface area contributed by atoms with Crippen molar-refractivity contribution in [3.8, 4) is 28.5 Å². The van der Waals surface area contributed by atoms with Crippen molar-refractivity contribution in [2.75, 3.05) is 0 Å². The van der Waals surface area contributed by atoms with E-state index >= 15 is 0 Å². The van der Waals surface area contributed by atoms with Gasteiger partial charge in [0.2, 0.25) is 0 Å². The zero-order valence-electron chi connectivity index (χ0n) is 20.9. The Labute approximate surface area is 216 Å². The SMILES string of the molecule is Cc1nc(-c2ccc(-c3cncnc3)cc2)c2c(n1)[C@@]1(c3ccccc3)CC(C#N)C(=O)[C@@H](C)[C@@H]1CC2. The summed E-state index contributed by atoms with van der Waals surface area (Å²) in [4.78, 5) is 31.4. The Kier molecular flexibility index (Phi) is 5.64. The molecular weight excluding hydrogens is 458 g/mol. The molecule has 0 spiro atoms. The smallest absolute Gasteiger partial charge is 0.153 e. The number of fused-ring (bicyclic) bond motifs is 3. The second-order valence-electron chi connectivity index (χ2n) is 10.2. The second kappa shape index (κ2) is 9.01. The predicted octanol–water partition coefficient (Wildman–Crippen LogP) is 5.51. The van der Waals surface area contributed by atoms with Crippen molar-refractivity contribution >= 4 is 5.78 Å². The van der Waals surface area contributed by atoms with Crippen LogP contribution in [0.3, 0.4) is 0 Å². The van der Waals surface area contributed by atoms with Crippen LogP contribution in [0.1, 0.15) is 42.4 Å². The van der Waals surface area contributed by atoms with Crippen LogP contribution in [-0.2, 0) is 16.6 Å². The topological polar surface area (TPSA) is 92.4 Å². The molecule has 1 saturated carbocycles. The fraction of sp³-hybridized carbons (Fsp3) is 0.290. The number of hydrogen-bond donors (Lipinski definition) is 0. The highest BCUT2D eigenvalue weighted by atomic mass is 16.1. The number of carbonyl (C=O) groups is 1. The maximum Gasteiger partial charge on any atom is 0.153 e. The molecule has 0 bridgehead atoms. The van der Waals surface area contributed by atoms with Crippen LogP contribution in [0, 0.1) is 36.0 Å². The summed E-state index contributed by atoms with van der Waals surface area (Å²) in [5.41, 5.74) is 6.70. The maximum absolute atomic E-state index is 13.1. The minimum Gasteiger partial charge on any atom is -0.298 e. The number of rotatable bonds is 3. The highest BCUT2D eigenvalue weighted by molar-refractivity contribution is 5.87. The Bertz CT molecular complexity index is 1510. The third-order valence-electron chi connectivity index (χ3n) is 8.30. The summed E-state index contributed by atoms with van der Waals surface area (Å²) in [6, 6.07) is 21.0. The monoisotopic (exact) mass is 485 g/mol. The van der Waals surface area contributed by atoms with Gasteiger partial charge in [0.1, 0.15) is 18.1 Å². The van der Waals surface area contributed by atoms with Crippen molar-refractivity contribution in [1.29, 1.82) is 5.26 Å². The van der Waals surface area contributed by atoms with Gasteiger partial charge in [0.25, 0.3) is 0 Å². The normalized spacial score (nSPS) is 24.6. The van der Waals surface area contributed by atoms with Gasteiger partial charge in [-0.15, -0.1) is 0 Å². The van der Waals surface area contributed by atoms with Gasteiger partial charge in [0.15, 0.2) is 5.78 Å². The molecule has 2 aromatic heterocycles. The van der Waals surface area contributed by atoms with Crippen molar-refractivity contribution < 1.29 is 4.79 Å². The summed E-state index contributed by atoms with van der Waals surface area (Å²) in [7, 11) is 0. The molecule has 0 aliphatic heterocycles. The summed E-state index contributed by atoms with van der Waals surface area (Å²) in [5, 5.41) is 9.97. The van der Waals surface area contributed by atoms with E-state index in [0.717, 1.165) is 52.0 Å². The summed E-state index contributed by atoms with van der Waals surface area (Å²) in [6.45, 7) is 3.93. The summed E-state index contributed by atoms with van der Waals surface area (Å²) in [6.07, 6.45) is 7.25. The molecular formula is C31H27N5O. The molecule has 2 aliphatic carbocycles. The van der Waals surface area contributed by atoms with E-state index in [9.17, 15) is 10.1 Å². The molecule has 6 nitrogen and oxygen atoms in total. The average Bonchev–Trinajstić information content (AvgIpc) is 2.95. The Balaban J connectivity index is 1.54. The molecule has 0 saturated heterocycles. The molecule has 4 aromatic rings. The van der Waals surface area contributed by atoms with Gasteiger partial charge in [-0.2, -0.15) is 5.26 Å². The summed E-state index contributed by atoms with van der Waals surface area (Å²) < 4.78 is 0. The molecule has 2 aromatic carbocycles. The molecule has 182 valence electrons. The van der Waals surface area contributed by atoms with Gasteiger partial charge >= 0.3 is 0 Å². The molecule has 6 rings (SSSR count). The molecule has 2 heterocycles. The number of nitrogens with zero attached hydrogens (tertiary/aromatic N) is 5. The van der Waals surface area contributed by atoms with E-state index < -0.39 is 11.3 Å². The molecule has 1 unspecified atom stereocenters. The first-order valence-corrected chi connectivity index (χ1v) is 12.8. The first kappa shape index (κ1) is 23.2. The lowest BCUT2D eigenvalue weighted by Crippen LogP contribution is -2.53. The minimum atomic E-state index is -0.650. The molecule has 0 radical (unpaired) electrons. The average molecular weight is 486 g/mol. The van der Waals surface area contributed by atoms with Gasteiger partial charge in [0, 0.05) is 40.4 Å². The van der Waals surface area contributed by atoms with Crippen LogP contribution in [0.2, 0.25) is 0 Å². The zero-order valence-corrected chi connectivity index (χ0v) is 20.9. The molecule has 4 atom stereocenters. The van der Waals surface area contributed by atoms with Crippen molar-refractivity contribution in [3.63, 3.8) is 0 Å². The van der Waals surface area contributed by atoms with E-state index in [1.807, 2.05) is 32.0 Å². The Morgan fingerprint density at radius 1 is 0.946 bits per heavy atom. The number of aromatic nitrogens is 4. The van der Waals surface area contributed by atoms with Crippen molar-refractivity contribution in [3.05, 3.63) is 96.0 Å². The van der Waals surface area contributed by atoms with E-state index in [0.29, 0.717) is 12.2 Å². The molecule has 1 fully saturated rings. The molecule has 6 heteroatoms. The fourth-order valence-electron chi connectivity index (χ4n) is 6.61. The van der Waals surface area contributed by atoms with Crippen LogP contribution in [-0.4, -0.2) is 25.7 Å². The van der Waals surface area contributed by atoms with Crippen LogP contribution in [0.5, 0.6) is 0 Å². The van der Waals surface area contributed by atoms with E-state index in [2.05, 4.69) is 52.4 Å². The third-order valence-corrected chi connectivity index (χ3v) is 8.30. The third kappa shape index (κ3) is 3.65. The number of aryl methyl sites for hydroxylation is 1. The zero-order chi connectivity index (χ0) is 25.6. The maximum atomic E-state index is 13.1. The van der Waals surface area contributed by atoms with Gasteiger partial charge in [0.05, 0.1) is 17.5 Å². The van der Waals surface area contributed by atoms with Crippen LogP contribution in [0.25, 0.3) is 22.4 Å². The number of carbonyl (C=O) groups excluding carboxylic acids is 1. The highest BCUT2D eigenvalue weighted by Crippen LogP contribution is 2.56. The van der Waals surface area contributed by atoms with Crippen molar-refractivity contribution in [1.82, 2.24) is 19.9 Å². The Morgan fingerprint density at radius 2 is 1.65 bits per heavy atom. The Hall–Kier alpha value is -4.24. The molecule has 0 N–H and O–H groups in total. The molecule has 37 heavy (non-hydrogen) atoms. The van der Waals surface area contributed by atoms with Crippen LogP contribution < -0.4 is 0 Å². The second-order valence-corrected chi connectivity index (χ2v) is 10.2. The van der Waals surface area contributed by atoms with Gasteiger partial charge in [-0.05, 0) is 43.2 Å². The fourth-order valence-corrected chi connectivity index (χ4v) is 6.61. The minimum absolute atomic E-state index is 0.0639. The number of hydrogen-bond acceptors (Lipinski definition) is 6. The molecule has 2 aliphatic rings. The lowest BCUT2D eigenvalue weighted by atomic mass is 9.50. The summed E-state index contributed by atoms with van der Waals surface area (Å²) in [5.74, 6) is -0.0132. The molecule has 0 amide bonds. The van der Waals surface area contributed by atoms with Crippen LogP contribution in [0.15, 0.2) is 73.3 Å². The van der Waals surface area contributed by atoms with Crippen molar-refractivity contribution in [2.24, 2.45) is 17.8 Å². The lowest BCUT2D eigenvalue weighted by Gasteiger charge is -2.51. The van der Waals surface area contributed by atoms with Gasteiger partial charge < -0.3 is 0 Å². The lowest BCUT2D eigenvalue weighted by molar-refractivity contribution is -0.131. The van der Waals surface area contributed by atoms with Crippen LogP contribution >= 0.6 is 0 Å². The number of Topliss-reactive ketones (excluding diaryl/α,β-unsaturated/α-hetero) is 1. The summed E-state index contributed by atoms with van der Waals surface area (Å²) >= 11 is 0. The number of ketones is 1. The van der Waals surface area contributed by atoms with Gasteiger partial charge in [-0.25, -0.2) is 19.9 Å². The van der Waals surface area contributed by atoms with Crippen molar-refractivity contribution in [2.45, 2.75) is 38.5 Å². The first-order valence-electron chi connectivity index (χ1n) is 12.8. The van der Waals surface area contributed by atoms with Gasteiger partial charge in [-0.3, -0.25) is 4.79 Å². The first-order chi connectivity index (χ1) is 18.0. The van der Waals surface area contributed by atoms with Crippen LogP contribution in [0.4, 0.5) is 0 Å². The standard InChI is InChI=1S/C31H27N5O/c1-19-27-13-12-26-28(22-10-8-21(9-11-22)24-16-33-18-34-17-24)35-20(2)36-30(26)31(27,14-23(15-32)29(19)37)25-6-4-3-5-7-25/h3-11,16-19,23,27H,12-14H2,1-2H3/t19-,23?,27-,31+/m0/s1. The Morgan fingerprint density at radius 3 is 2.35 bits per heavy atom. The quantitative estimate of drug-likeness (QED) is 0.380. The van der Waals surface area contributed by atoms with E-state index in [-0.39, 0.29) is 17.6 Å². The van der Waals surface area contributed by atoms with E-state index in [1.54, 1.807) is 12.4 Å². The highest BCUT2D eigenvalue weighted by Gasteiger charge is 2.56. The number of benzene rings is 2. The number of nitriles is 1.